The van der Waals surface area contributed by atoms with Crippen molar-refractivity contribution in [3.05, 3.63) is 36.6 Å². The fourth-order valence-corrected chi connectivity index (χ4v) is 1.72. The van der Waals surface area contributed by atoms with E-state index in [0.717, 1.165) is 6.54 Å². The molecule has 0 aromatic rings. The normalized spacial score (nSPS) is 23.3. The van der Waals surface area contributed by atoms with Crippen molar-refractivity contribution in [2.75, 3.05) is 6.54 Å². The van der Waals surface area contributed by atoms with Crippen LogP contribution in [0, 0.1) is 0 Å². The quantitative estimate of drug-likeness (QED) is 0.504. The van der Waals surface area contributed by atoms with Crippen LogP contribution in [0.25, 0.3) is 0 Å². The highest BCUT2D eigenvalue weighted by atomic mass is 79.9. The Bertz CT molecular complexity index is 206. The Balaban J connectivity index is 2.70. The molecule has 1 unspecified atom stereocenters. The summed E-state index contributed by atoms with van der Waals surface area (Å²) in [6.45, 7) is 6.86. The van der Waals surface area contributed by atoms with E-state index in [-0.39, 0.29) is 0 Å². The van der Waals surface area contributed by atoms with Crippen molar-refractivity contribution in [1.29, 1.82) is 0 Å². The Morgan fingerprint density at radius 3 is 3.00 bits per heavy atom. The maximum absolute atomic E-state index is 3.71. The zero-order valence-electron chi connectivity index (χ0n) is 6.63. The summed E-state index contributed by atoms with van der Waals surface area (Å²) in [5, 5.41) is 0. The van der Waals surface area contributed by atoms with Crippen molar-refractivity contribution in [3.63, 3.8) is 0 Å². The Labute approximate surface area is 76.2 Å². The third-order valence-corrected chi connectivity index (χ3v) is 2.50. The molecule has 1 heterocycles. The molecule has 0 N–H and O–H groups in total. The third kappa shape index (κ3) is 1.96. The Morgan fingerprint density at radius 2 is 2.55 bits per heavy atom. The molecule has 1 nitrogen and oxygen atoms in total. The highest BCUT2D eigenvalue weighted by molar-refractivity contribution is 9.09. The molecule has 0 amide bonds. The number of rotatable bonds is 2. The molecule has 0 aliphatic carbocycles. The van der Waals surface area contributed by atoms with E-state index in [2.05, 4.69) is 52.7 Å². The zero-order valence-corrected chi connectivity index (χ0v) is 8.21. The van der Waals surface area contributed by atoms with E-state index < -0.39 is 0 Å². The predicted molar refractivity (Wildman–Crippen MR) is 52.5 cm³/mol. The summed E-state index contributed by atoms with van der Waals surface area (Å²) in [6, 6.07) is 0. The molecule has 0 saturated carbocycles. The van der Waals surface area contributed by atoms with Gasteiger partial charge in [-0.15, -0.1) is 0 Å². The Hall–Kier alpha value is -0.500. The lowest BCUT2D eigenvalue weighted by Gasteiger charge is -2.25. The molecule has 1 atom stereocenters. The SMILES string of the molecule is C=CC1=CC(Br)N(CC)C=C1. The molecule has 0 radical (unpaired) electrons. The summed E-state index contributed by atoms with van der Waals surface area (Å²) in [4.78, 5) is 2.53. The minimum absolute atomic E-state index is 0.325. The summed E-state index contributed by atoms with van der Waals surface area (Å²) >= 11 is 3.55. The highest BCUT2D eigenvalue weighted by Crippen LogP contribution is 2.18. The van der Waals surface area contributed by atoms with Gasteiger partial charge in [0.05, 0.1) is 0 Å². The zero-order chi connectivity index (χ0) is 8.27. The number of halogens is 1. The van der Waals surface area contributed by atoms with Gasteiger partial charge in [-0.3, -0.25) is 0 Å². The number of likely N-dealkylation sites (N-methyl/N-ethyl adjacent to an activating group) is 1. The van der Waals surface area contributed by atoms with Gasteiger partial charge in [0.2, 0.25) is 0 Å². The van der Waals surface area contributed by atoms with Crippen LogP contribution in [0.1, 0.15) is 6.92 Å². The molecule has 0 saturated heterocycles. The largest absolute Gasteiger partial charge is 0.362 e. The van der Waals surface area contributed by atoms with E-state index in [9.17, 15) is 0 Å². The summed E-state index contributed by atoms with van der Waals surface area (Å²) in [5.41, 5.74) is 1.18. The standard InChI is InChI=1S/C9H12BrN/c1-3-8-5-6-11(4-2)9(10)7-8/h3,5-7,9H,1,4H2,2H3. The first-order valence-corrected chi connectivity index (χ1v) is 4.61. The number of hydrogen-bond donors (Lipinski definition) is 0. The third-order valence-electron chi connectivity index (χ3n) is 1.71. The van der Waals surface area contributed by atoms with Crippen LogP contribution in [0.4, 0.5) is 0 Å². The average Bonchev–Trinajstić information content (AvgIpc) is 2.04. The van der Waals surface area contributed by atoms with Crippen molar-refractivity contribution >= 4 is 15.9 Å². The van der Waals surface area contributed by atoms with Crippen LogP contribution in [0.15, 0.2) is 36.6 Å². The van der Waals surface area contributed by atoms with E-state index >= 15 is 0 Å². The smallest absolute Gasteiger partial charge is 0.103 e. The average molecular weight is 214 g/mol. The van der Waals surface area contributed by atoms with Gasteiger partial charge in [0.15, 0.2) is 0 Å². The number of hydrogen-bond acceptors (Lipinski definition) is 1. The lowest BCUT2D eigenvalue weighted by atomic mass is 10.2. The molecular weight excluding hydrogens is 202 g/mol. The van der Waals surface area contributed by atoms with Crippen molar-refractivity contribution < 1.29 is 0 Å². The first-order valence-electron chi connectivity index (χ1n) is 3.70. The van der Waals surface area contributed by atoms with Crippen LogP contribution in [0.3, 0.4) is 0 Å². The highest BCUT2D eigenvalue weighted by Gasteiger charge is 2.09. The molecule has 1 aliphatic rings. The van der Waals surface area contributed by atoms with Crippen molar-refractivity contribution in [3.8, 4) is 0 Å². The first-order chi connectivity index (χ1) is 5.27. The predicted octanol–water partition coefficient (Wildman–Crippen LogP) is 2.67. The van der Waals surface area contributed by atoms with Crippen molar-refractivity contribution in [2.45, 2.75) is 11.9 Å². The molecule has 0 fully saturated rings. The minimum atomic E-state index is 0.325. The fraction of sp³-hybridized carbons (Fsp3) is 0.333. The molecule has 1 rings (SSSR count). The van der Waals surface area contributed by atoms with E-state index in [4.69, 9.17) is 0 Å². The minimum Gasteiger partial charge on any atom is -0.362 e. The Morgan fingerprint density at radius 1 is 1.82 bits per heavy atom. The van der Waals surface area contributed by atoms with Gasteiger partial charge in [-0.2, -0.15) is 0 Å². The topological polar surface area (TPSA) is 3.24 Å². The summed E-state index contributed by atoms with van der Waals surface area (Å²) < 4.78 is 0. The van der Waals surface area contributed by atoms with Crippen LogP contribution in [0.2, 0.25) is 0 Å². The molecule has 2 heteroatoms. The van der Waals surface area contributed by atoms with Gasteiger partial charge >= 0.3 is 0 Å². The number of alkyl halides is 1. The van der Waals surface area contributed by atoms with Crippen molar-refractivity contribution in [1.82, 2.24) is 4.90 Å². The summed E-state index contributed by atoms with van der Waals surface area (Å²) in [7, 11) is 0. The molecule has 1 aliphatic heterocycles. The van der Waals surface area contributed by atoms with Crippen molar-refractivity contribution in [2.24, 2.45) is 0 Å². The second kappa shape index (κ2) is 3.77. The van der Waals surface area contributed by atoms with Gasteiger partial charge < -0.3 is 4.90 Å². The van der Waals surface area contributed by atoms with E-state index in [1.165, 1.54) is 5.57 Å². The van der Waals surface area contributed by atoms with E-state index in [0.29, 0.717) is 4.95 Å². The summed E-state index contributed by atoms with van der Waals surface area (Å²) in [6.07, 6.45) is 8.14. The number of nitrogens with zero attached hydrogens (tertiary/aromatic N) is 1. The molecule has 0 spiro atoms. The van der Waals surface area contributed by atoms with Crippen LogP contribution in [-0.4, -0.2) is 16.4 Å². The number of allylic oxidation sites excluding steroid dienone is 3. The second-order valence-corrected chi connectivity index (χ2v) is 3.33. The van der Waals surface area contributed by atoms with Gasteiger partial charge in [-0.05, 0) is 24.6 Å². The van der Waals surface area contributed by atoms with Gasteiger partial charge in [0.25, 0.3) is 0 Å². The first kappa shape index (κ1) is 8.60. The summed E-state index contributed by atoms with van der Waals surface area (Å²) in [5.74, 6) is 0. The van der Waals surface area contributed by atoms with Gasteiger partial charge in [0.1, 0.15) is 4.95 Å². The molecule has 0 aromatic carbocycles. The van der Waals surface area contributed by atoms with E-state index in [1.54, 1.807) is 0 Å². The van der Waals surface area contributed by atoms with Crippen LogP contribution in [0.5, 0.6) is 0 Å². The molecule has 11 heavy (non-hydrogen) atoms. The lowest BCUT2D eigenvalue weighted by Crippen LogP contribution is -2.25. The monoisotopic (exact) mass is 213 g/mol. The van der Waals surface area contributed by atoms with Gasteiger partial charge in [0, 0.05) is 12.7 Å². The molecule has 0 aromatic heterocycles. The lowest BCUT2D eigenvalue weighted by molar-refractivity contribution is 0.413. The fourth-order valence-electron chi connectivity index (χ4n) is 0.990. The molecule has 60 valence electrons. The van der Waals surface area contributed by atoms with Gasteiger partial charge in [-0.1, -0.05) is 28.6 Å². The maximum atomic E-state index is 3.71. The van der Waals surface area contributed by atoms with Crippen LogP contribution >= 0.6 is 15.9 Å². The Kier molecular flexibility index (Phi) is 2.94. The van der Waals surface area contributed by atoms with Crippen LogP contribution < -0.4 is 0 Å². The maximum Gasteiger partial charge on any atom is 0.103 e. The van der Waals surface area contributed by atoms with E-state index in [1.807, 2.05) is 6.08 Å². The molecule has 0 bridgehead atoms. The van der Waals surface area contributed by atoms with Crippen LogP contribution in [-0.2, 0) is 0 Å². The second-order valence-electron chi connectivity index (χ2n) is 2.39. The molecular formula is C9H12BrN. The van der Waals surface area contributed by atoms with Gasteiger partial charge in [-0.25, -0.2) is 0 Å².